The molecule has 2 aromatic rings. The van der Waals surface area contributed by atoms with Crippen molar-refractivity contribution >= 4 is 0 Å². The molecule has 1 atom stereocenters. The fourth-order valence-corrected chi connectivity index (χ4v) is 1.87. The number of para-hydroxylation sites is 1. The van der Waals surface area contributed by atoms with Crippen LogP contribution in [0.25, 0.3) is 0 Å². The Kier molecular flexibility index (Phi) is 4.49. The summed E-state index contributed by atoms with van der Waals surface area (Å²) in [5, 5.41) is 9.06. The highest BCUT2D eigenvalue weighted by Gasteiger charge is 2.11. The van der Waals surface area contributed by atoms with Crippen LogP contribution >= 0.6 is 0 Å². The van der Waals surface area contributed by atoms with E-state index < -0.39 is 0 Å². The van der Waals surface area contributed by atoms with Crippen molar-refractivity contribution in [2.45, 2.75) is 19.4 Å². The number of aliphatic hydroxyl groups excluding tert-OH is 1. The lowest BCUT2D eigenvalue weighted by Gasteiger charge is -2.14. The smallest absolute Gasteiger partial charge is 0.223 e. The number of nitrogens with two attached hydrogens (primary N) is 1. The molecule has 1 aromatic carbocycles. The molecule has 4 nitrogen and oxygen atoms in total. The molecule has 0 aliphatic rings. The Morgan fingerprint density at radius 3 is 2.79 bits per heavy atom. The molecule has 0 aliphatic carbocycles. The third-order valence-electron chi connectivity index (χ3n) is 2.85. The van der Waals surface area contributed by atoms with Crippen LogP contribution in [0.2, 0.25) is 0 Å². The van der Waals surface area contributed by atoms with Gasteiger partial charge in [0.1, 0.15) is 5.75 Å². The first kappa shape index (κ1) is 13.5. The van der Waals surface area contributed by atoms with Crippen molar-refractivity contribution in [1.29, 1.82) is 0 Å². The number of aromatic nitrogens is 1. The van der Waals surface area contributed by atoms with Gasteiger partial charge in [0, 0.05) is 24.4 Å². The lowest BCUT2D eigenvalue weighted by molar-refractivity contribution is 0.297. The number of rotatable bonds is 5. The molecule has 100 valence electrons. The Bertz CT molecular complexity index is 541. The van der Waals surface area contributed by atoms with Gasteiger partial charge in [-0.05, 0) is 31.0 Å². The lowest BCUT2D eigenvalue weighted by atomic mass is 10.1. The van der Waals surface area contributed by atoms with Gasteiger partial charge in [-0.1, -0.05) is 24.3 Å². The molecule has 1 heterocycles. The second-order valence-electron chi connectivity index (χ2n) is 4.37. The van der Waals surface area contributed by atoms with Gasteiger partial charge in [-0.15, -0.1) is 0 Å². The highest BCUT2D eigenvalue weighted by atomic mass is 16.5. The molecule has 0 saturated carbocycles. The Hall–Kier alpha value is -1.91. The molecular weight excluding hydrogens is 240 g/mol. The summed E-state index contributed by atoms with van der Waals surface area (Å²) in [4.78, 5) is 4.23. The van der Waals surface area contributed by atoms with Gasteiger partial charge in [0.2, 0.25) is 5.88 Å². The van der Waals surface area contributed by atoms with Crippen molar-refractivity contribution in [2.24, 2.45) is 5.73 Å². The van der Waals surface area contributed by atoms with E-state index in [1.54, 1.807) is 6.20 Å². The largest absolute Gasteiger partial charge is 0.438 e. The SMILES string of the molecule is C[C@H](N)c1cccnc1Oc1ccccc1CCO. The van der Waals surface area contributed by atoms with Crippen LogP contribution in [0.1, 0.15) is 24.1 Å². The fourth-order valence-electron chi connectivity index (χ4n) is 1.87. The predicted octanol–water partition coefficient (Wildman–Crippen LogP) is 2.43. The number of benzene rings is 1. The summed E-state index contributed by atoms with van der Waals surface area (Å²) < 4.78 is 5.85. The standard InChI is InChI=1S/C15H18N2O2/c1-11(16)13-6-4-9-17-15(13)19-14-7-3-2-5-12(14)8-10-18/h2-7,9,11,18H,8,10,16H2,1H3/t11-/m0/s1. The van der Waals surface area contributed by atoms with Gasteiger partial charge >= 0.3 is 0 Å². The number of hydrogen-bond acceptors (Lipinski definition) is 4. The minimum absolute atomic E-state index is 0.0861. The van der Waals surface area contributed by atoms with Gasteiger partial charge in [-0.25, -0.2) is 4.98 Å². The summed E-state index contributed by atoms with van der Waals surface area (Å²) in [5.41, 5.74) is 7.72. The van der Waals surface area contributed by atoms with Crippen molar-refractivity contribution in [1.82, 2.24) is 4.98 Å². The van der Waals surface area contributed by atoms with Crippen molar-refractivity contribution in [3.05, 3.63) is 53.7 Å². The number of pyridine rings is 1. The third-order valence-corrected chi connectivity index (χ3v) is 2.85. The summed E-state index contributed by atoms with van der Waals surface area (Å²) >= 11 is 0. The highest BCUT2D eigenvalue weighted by Crippen LogP contribution is 2.28. The Morgan fingerprint density at radius 1 is 1.26 bits per heavy atom. The normalized spacial score (nSPS) is 12.2. The molecule has 0 aliphatic heterocycles. The van der Waals surface area contributed by atoms with E-state index in [0.29, 0.717) is 18.1 Å². The zero-order valence-electron chi connectivity index (χ0n) is 10.9. The second kappa shape index (κ2) is 6.31. The Morgan fingerprint density at radius 2 is 2.05 bits per heavy atom. The molecule has 0 spiro atoms. The average molecular weight is 258 g/mol. The van der Waals surface area contributed by atoms with E-state index in [0.717, 1.165) is 11.1 Å². The van der Waals surface area contributed by atoms with Crippen LogP contribution in [0.5, 0.6) is 11.6 Å². The predicted molar refractivity (Wildman–Crippen MR) is 74.1 cm³/mol. The fraction of sp³-hybridized carbons (Fsp3) is 0.267. The van der Waals surface area contributed by atoms with Crippen LogP contribution in [0.4, 0.5) is 0 Å². The molecule has 4 heteroatoms. The second-order valence-corrected chi connectivity index (χ2v) is 4.37. The summed E-state index contributed by atoms with van der Waals surface area (Å²) in [6, 6.07) is 11.2. The van der Waals surface area contributed by atoms with Crippen molar-refractivity contribution in [3.8, 4) is 11.6 Å². The molecule has 1 aromatic heterocycles. The van der Waals surface area contributed by atoms with Crippen LogP contribution in [0, 0.1) is 0 Å². The number of nitrogens with zero attached hydrogens (tertiary/aromatic N) is 1. The minimum Gasteiger partial charge on any atom is -0.438 e. The van der Waals surface area contributed by atoms with Crippen LogP contribution in [-0.2, 0) is 6.42 Å². The van der Waals surface area contributed by atoms with Gasteiger partial charge in [-0.2, -0.15) is 0 Å². The molecule has 0 saturated heterocycles. The Labute approximate surface area is 112 Å². The number of ether oxygens (including phenoxy) is 1. The minimum atomic E-state index is -0.145. The molecule has 0 bridgehead atoms. The Balaban J connectivity index is 2.31. The molecule has 0 unspecified atom stereocenters. The third kappa shape index (κ3) is 3.30. The number of hydrogen-bond donors (Lipinski definition) is 2. The summed E-state index contributed by atoms with van der Waals surface area (Å²) in [7, 11) is 0. The van der Waals surface area contributed by atoms with Gasteiger partial charge in [0.25, 0.3) is 0 Å². The van der Waals surface area contributed by atoms with Crippen molar-refractivity contribution in [2.75, 3.05) is 6.61 Å². The van der Waals surface area contributed by atoms with E-state index in [-0.39, 0.29) is 12.6 Å². The monoisotopic (exact) mass is 258 g/mol. The molecule has 2 rings (SSSR count). The average Bonchev–Trinajstić information content (AvgIpc) is 2.42. The van der Waals surface area contributed by atoms with E-state index in [2.05, 4.69) is 4.98 Å². The zero-order valence-corrected chi connectivity index (χ0v) is 10.9. The quantitative estimate of drug-likeness (QED) is 0.864. The maximum absolute atomic E-state index is 9.06. The maximum Gasteiger partial charge on any atom is 0.223 e. The topological polar surface area (TPSA) is 68.4 Å². The van der Waals surface area contributed by atoms with Gasteiger partial charge in [-0.3, -0.25) is 0 Å². The van der Waals surface area contributed by atoms with Crippen LogP contribution < -0.4 is 10.5 Å². The zero-order chi connectivity index (χ0) is 13.7. The van der Waals surface area contributed by atoms with Crippen LogP contribution in [-0.4, -0.2) is 16.7 Å². The molecule has 0 radical (unpaired) electrons. The first-order valence-corrected chi connectivity index (χ1v) is 6.29. The van der Waals surface area contributed by atoms with E-state index in [4.69, 9.17) is 15.6 Å². The lowest BCUT2D eigenvalue weighted by Crippen LogP contribution is -2.08. The summed E-state index contributed by atoms with van der Waals surface area (Å²) in [6.07, 6.45) is 2.23. The van der Waals surface area contributed by atoms with Crippen molar-refractivity contribution in [3.63, 3.8) is 0 Å². The van der Waals surface area contributed by atoms with E-state index in [9.17, 15) is 0 Å². The highest BCUT2D eigenvalue weighted by molar-refractivity contribution is 5.39. The van der Waals surface area contributed by atoms with E-state index in [1.165, 1.54) is 0 Å². The van der Waals surface area contributed by atoms with E-state index in [1.807, 2.05) is 43.3 Å². The molecule has 19 heavy (non-hydrogen) atoms. The summed E-state index contributed by atoms with van der Waals surface area (Å²) in [6.45, 7) is 1.98. The van der Waals surface area contributed by atoms with Crippen LogP contribution in [0.15, 0.2) is 42.6 Å². The maximum atomic E-state index is 9.06. The first-order chi connectivity index (χ1) is 9.22. The first-order valence-electron chi connectivity index (χ1n) is 6.29. The van der Waals surface area contributed by atoms with Gasteiger partial charge in [0.05, 0.1) is 0 Å². The van der Waals surface area contributed by atoms with Gasteiger partial charge in [0.15, 0.2) is 0 Å². The van der Waals surface area contributed by atoms with E-state index >= 15 is 0 Å². The van der Waals surface area contributed by atoms with Crippen LogP contribution in [0.3, 0.4) is 0 Å². The van der Waals surface area contributed by atoms with Gasteiger partial charge < -0.3 is 15.6 Å². The molecule has 3 N–H and O–H groups in total. The number of aliphatic hydroxyl groups is 1. The molecular formula is C15H18N2O2. The summed E-state index contributed by atoms with van der Waals surface area (Å²) in [5.74, 6) is 1.22. The van der Waals surface area contributed by atoms with Crippen molar-refractivity contribution < 1.29 is 9.84 Å². The molecule has 0 fully saturated rings. The molecule has 0 amide bonds.